The second kappa shape index (κ2) is 2.81. The van der Waals surface area contributed by atoms with E-state index >= 15 is 0 Å². The molecule has 4 atom stereocenters. The van der Waals surface area contributed by atoms with Crippen molar-refractivity contribution in [2.75, 3.05) is 6.61 Å². The highest BCUT2D eigenvalue weighted by atomic mass is 16.6. The monoisotopic (exact) mass is 152 g/mol. The SMILES string of the molecule is [2H]C1(O)OC[C@@H](O)[C@H](O)[C@@]1([2H])O. The van der Waals surface area contributed by atoms with Gasteiger partial charge in [-0.2, -0.15) is 0 Å². The van der Waals surface area contributed by atoms with Gasteiger partial charge >= 0.3 is 0 Å². The number of aliphatic hydroxyl groups is 4. The van der Waals surface area contributed by atoms with Gasteiger partial charge in [0.25, 0.3) is 0 Å². The first-order chi connectivity index (χ1) is 5.29. The zero-order valence-electron chi connectivity index (χ0n) is 7.06. The zero-order chi connectivity index (χ0) is 9.57. The first-order valence-corrected chi connectivity index (χ1v) is 2.74. The quantitative estimate of drug-likeness (QED) is 0.306. The first kappa shape index (κ1) is 5.45. The van der Waals surface area contributed by atoms with Gasteiger partial charge in [0.1, 0.15) is 18.3 Å². The number of hydrogen-bond donors (Lipinski definition) is 4. The lowest BCUT2D eigenvalue weighted by atomic mass is 10.1. The summed E-state index contributed by atoms with van der Waals surface area (Å²) in [5, 5.41) is 35.9. The Bertz CT molecular complexity index is 183. The largest absolute Gasteiger partial charge is 0.388 e. The van der Waals surface area contributed by atoms with Crippen molar-refractivity contribution in [3.63, 3.8) is 0 Å². The molecule has 5 nitrogen and oxygen atoms in total. The lowest BCUT2D eigenvalue weighted by molar-refractivity contribution is -0.252. The van der Waals surface area contributed by atoms with Gasteiger partial charge in [0.2, 0.25) is 0 Å². The van der Waals surface area contributed by atoms with Gasteiger partial charge in [-0.1, -0.05) is 0 Å². The molecule has 5 heteroatoms. The van der Waals surface area contributed by atoms with Gasteiger partial charge in [-0.15, -0.1) is 0 Å². The molecule has 0 aromatic rings. The van der Waals surface area contributed by atoms with E-state index in [1.165, 1.54) is 0 Å². The van der Waals surface area contributed by atoms with Crippen LogP contribution in [0, 0.1) is 0 Å². The lowest BCUT2D eigenvalue weighted by Gasteiger charge is -2.31. The van der Waals surface area contributed by atoms with Crippen molar-refractivity contribution in [3.8, 4) is 0 Å². The molecule has 60 valence electrons. The number of hydrogen-bond acceptors (Lipinski definition) is 5. The van der Waals surface area contributed by atoms with Gasteiger partial charge in [0.15, 0.2) is 6.27 Å². The fraction of sp³-hybridized carbons (Fsp3) is 1.00. The van der Waals surface area contributed by atoms with E-state index in [0.717, 1.165) is 0 Å². The van der Waals surface area contributed by atoms with Crippen LogP contribution in [0.5, 0.6) is 0 Å². The van der Waals surface area contributed by atoms with Crippen LogP contribution in [0.2, 0.25) is 0 Å². The molecule has 0 aromatic heterocycles. The first-order valence-electron chi connectivity index (χ1n) is 3.74. The highest BCUT2D eigenvalue weighted by Gasteiger charge is 2.36. The van der Waals surface area contributed by atoms with Crippen molar-refractivity contribution >= 4 is 0 Å². The minimum atomic E-state index is -2.94. The Kier molecular flexibility index (Phi) is 1.53. The summed E-state index contributed by atoms with van der Waals surface area (Å²) in [6.45, 7) is -0.498. The molecule has 0 aromatic carbocycles. The molecule has 1 heterocycles. The average molecular weight is 152 g/mol. The topological polar surface area (TPSA) is 90.2 Å². The Balaban J connectivity index is 2.88. The van der Waals surface area contributed by atoms with E-state index in [2.05, 4.69) is 4.74 Å². The second-order valence-corrected chi connectivity index (χ2v) is 2.01. The summed E-state index contributed by atoms with van der Waals surface area (Å²) in [7, 11) is 0. The van der Waals surface area contributed by atoms with E-state index in [4.69, 9.17) is 23.2 Å². The average Bonchev–Trinajstić information content (AvgIpc) is 1.96. The maximum Gasteiger partial charge on any atom is 0.183 e. The van der Waals surface area contributed by atoms with E-state index in [-0.39, 0.29) is 0 Å². The zero-order valence-corrected chi connectivity index (χ0v) is 5.06. The van der Waals surface area contributed by atoms with Gasteiger partial charge in [-0.05, 0) is 0 Å². The van der Waals surface area contributed by atoms with Crippen molar-refractivity contribution < 1.29 is 27.9 Å². The molecule has 0 amide bonds. The molecular weight excluding hydrogens is 140 g/mol. The van der Waals surface area contributed by atoms with Crippen molar-refractivity contribution in [1.29, 1.82) is 0 Å². The standard InChI is InChI=1S/C5H10O5/c6-2-1-10-5(9)4(8)3(2)7/h2-9H,1H2/t2-,3+,4-,5?/m1/s1/i4D,5D. The maximum atomic E-state index is 9.04. The number of ether oxygens (including phenoxy) is 1. The van der Waals surface area contributed by atoms with Gasteiger partial charge in [0, 0.05) is 0 Å². The Morgan fingerprint density at radius 1 is 1.30 bits per heavy atom. The molecule has 0 saturated carbocycles. The van der Waals surface area contributed by atoms with Gasteiger partial charge in [0.05, 0.1) is 9.35 Å². The summed E-state index contributed by atoms with van der Waals surface area (Å²) in [6, 6.07) is 0. The minimum Gasteiger partial charge on any atom is -0.388 e. The molecule has 10 heavy (non-hydrogen) atoms. The summed E-state index contributed by atoms with van der Waals surface area (Å²) < 4.78 is 18.1. The van der Waals surface area contributed by atoms with Crippen LogP contribution in [0.3, 0.4) is 0 Å². The number of aliphatic hydroxyl groups excluding tert-OH is 2. The summed E-state index contributed by atoms with van der Waals surface area (Å²) >= 11 is 0. The van der Waals surface area contributed by atoms with Crippen LogP contribution in [-0.4, -0.2) is 51.6 Å². The van der Waals surface area contributed by atoms with Crippen molar-refractivity contribution in [1.82, 2.24) is 0 Å². The number of rotatable bonds is 0. The van der Waals surface area contributed by atoms with Gasteiger partial charge in [-0.25, -0.2) is 0 Å². The minimum absolute atomic E-state index is 0.498. The van der Waals surface area contributed by atoms with E-state index in [9.17, 15) is 0 Å². The summed E-state index contributed by atoms with van der Waals surface area (Å²) in [5.41, 5.74) is 0. The highest BCUT2D eigenvalue weighted by molar-refractivity contribution is 4.81. The molecule has 1 saturated heterocycles. The third-order valence-corrected chi connectivity index (χ3v) is 1.25. The summed E-state index contributed by atoms with van der Waals surface area (Å²) in [5.74, 6) is 0. The predicted molar refractivity (Wildman–Crippen MR) is 30.0 cm³/mol. The fourth-order valence-electron chi connectivity index (χ4n) is 0.638. The molecule has 0 aliphatic carbocycles. The maximum absolute atomic E-state index is 9.04. The van der Waals surface area contributed by atoms with Crippen LogP contribution in [-0.2, 0) is 4.74 Å². The third kappa shape index (κ3) is 1.28. The van der Waals surface area contributed by atoms with Crippen molar-refractivity contribution in [3.05, 3.63) is 0 Å². The molecule has 1 fully saturated rings. The van der Waals surface area contributed by atoms with Crippen LogP contribution >= 0.6 is 0 Å². The van der Waals surface area contributed by atoms with E-state index in [0.29, 0.717) is 0 Å². The van der Waals surface area contributed by atoms with Crippen LogP contribution in [0.25, 0.3) is 0 Å². The molecule has 0 bridgehead atoms. The lowest BCUT2D eigenvalue weighted by Crippen LogP contribution is -2.52. The van der Waals surface area contributed by atoms with Crippen molar-refractivity contribution in [2.24, 2.45) is 0 Å². The normalized spacial score (nSPS) is 66.8. The third-order valence-electron chi connectivity index (χ3n) is 1.25. The van der Waals surface area contributed by atoms with Crippen molar-refractivity contribution in [2.45, 2.75) is 24.6 Å². The van der Waals surface area contributed by atoms with E-state index < -0.39 is 31.2 Å². The molecule has 0 spiro atoms. The Labute approximate surface area is 60.3 Å². The highest BCUT2D eigenvalue weighted by Crippen LogP contribution is 2.12. The van der Waals surface area contributed by atoms with Crippen LogP contribution in [0.15, 0.2) is 0 Å². The fourth-order valence-corrected chi connectivity index (χ4v) is 0.638. The van der Waals surface area contributed by atoms with Crippen LogP contribution in [0.4, 0.5) is 0 Å². The molecule has 1 aliphatic heterocycles. The Hall–Kier alpha value is -0.200. The predicted octanol–water partition coefficient (Wildman–Crippen LogP) is -2.58. The molecule has 1 aliphatic rings. The second-order valence-electron chi connectivity index (χ2n) is 2.01. The van der Waals surface area contributed by atoms with Gasteiger partial charge in [-0.3, -0.25) is 0 Å². The summed E-state index contributed by atoms with van der Waals surface area (Å²) in [6.07, 6.45) is -9.25. The van der Waals surface area contributed by atoms with Gasteiger partial charge < -0.3 is 25.2 Å². The molecular formula is C5H10O5. The smallest absolute Gasteiger partial charge is 0.183 e. The van der Waals surface area contributed by atoms with E-state index in [1.807, 2.05) is 0 Å². The van der Waals surface area contributed by atoms with Crippen LogP contribution < -0.4 is 0 Å². The Morgan fingerprint density at radius 3 is 2.40 bits per heavy atom. The van der Waals surface area contributed by atoms with E-state index in [1.54, 1.807) is 0 Å². The molecule has 4 N–H and O–H groups in total. The summed E-state index contributed by atoms with van der Waals surface area (Å²) in [4.78, 5) is 0. The molecule has 1 rings (SSSR count). The van der Waals surface area contributed by atoms with Crippen LogP contribution in [0.1, 0.15) is 2.74 Å². The Morgan fingerprint density at radius 2 is 1.90 bits per heavy atom. The molecule has 0 radical (unpaired) electrons. The molecule has 1 unspecified atom stereocenters.